The van der Waals surface area contributed by atoms with Crippen molar-refractivity contribution >= 4 is 27.7 Å². The van der Waals surface area contributed by atoms with Crippen LogP contribution in [0.2, 0.25) is 0 Å². The predicted octanol–water partition coefficient (Wildman–Crippen LogP) is 4.50. The smallest absolute Gasteiger partial charge is 0.266 e. The van der Waals surface area contributed by atoms with Gasteiger partial charge in [-0.2, -0.15) is 0 Å². The normalized spacial score (nSPS) is 18.4. The van der Waals surface area contributed by atoms with Gasteiger partial charge >= 0.3 is 0 Å². The van der Waals surface area contributed by atoms with Crippen LogP contribution in [0.1, 0.15) is 30.0 Å². The number of aliphatic imine (C=N–C) groups is 1. The standard InChI is InChI=1S/C29H30BrF2N3O4/c1-19-29(18-20-3-7-23(30)8-4-20,28(37)35-33-12-11-21-15-24(31)17-25(32)16-21)34-27(39-19)22-5-9-26(10-6-22)38-14-2-13-36/h3-10,15-17,19,33,36H,2,11-14,18H2,1H3,(H,35,37)/t19-,29-/m0/s1. The zero-order valence-electron chi connectivity index (χ0n) is 21.4. The molecule has 10 heteroatoms. The number of halogens is 3. The lowest BCUT2D eigenvalue weighted by atomic mass is 9.86. The predicted molar refractivity (Wildman–Crippen MR) is 148 cm³/mol. The fourth-order valence-electron chi connectivity index (χ4n) is 4.27. The van der Waals surface area contributed by atoms with E-state index in [1.807, 2.05) is 36.4 Å². The number of aliphatic hydroxyl groups excluding tert-OH is 1. The first-order valence-corrected chi connectivity index (χ1v) is 13.4. The van der Waals surface area contributed by atoms with E-state index >= 15 is 0 Å². The average molecular weight is 602 g/mol. The molecule has 2 atom stereocenters. The minimum absolute atomic E-state index is 0.0569. The molecule has 1 heterocycles. The molecule has 4 rings (SSSR count). The lowest BCUT2D eigenvalue weighted by molar-refractivity contribution is -0.129. The largest absolute Gasteiger partial charge is 0.494 e. The third-order valence-corrected chi connectivity index (χ3v) is 6.91. The van der Waals surface area contributed by atoms with Crippen molar-refractivity contribution in [2.24, 2.45) is 4.99 Å². The fraction of sp³-hybridized carbons (Fsp3) is 0.310. The minimum atomic E-state index is -1.27. The van der Waals surface area contributed by atoms with Gasteiger partial charge < -0.3 is 14.6 Å². The van der Waals surface area contributed by atoms with Gasteiger partial charge in [-0.05, 0) is 73.0 Å². The number of rotatable bonds is 12. The van der Waals surface area contributed by atoms with Crippen LogP contribution in [-0.4, -0.2) is 48.3 Å². The highest BCUT2D eigenvalue weighted by molar-refractivity contribution is 9.10. The third kappa shape index (κ3) is 7.40. The third-order valence-electron chi connectivity index (χ3n) is 6.38. The van der Waals surface area contributed by atoms with Crippen LogP contribution in [0.5, 0.6) is 5.75 Å². The Hall–Kier alpha value is -3.34. The molecule has 0 radical (unpaired) electrons. The van der Waals surface area contributed by atoms with Crippen LogP contribution in [0.25, 0.3) is 0 Å². The zero-order valence-corrected chi connectivity index (χ0v) is 23.0. The molecule has 3 aromatic carbocycles. The molecule has 0 bridgehead atoms. The monoisotopic (exact) mass is 601 g/mol. The SMILES string of the molecule is C[C@@H]1OC(c2ccc(OCCCO)cc2)=N[C@]1(Cc1ccc(Br)cc1)C(=O)NNCCc1cc(F)cc(F)c1. The first kappa shape index (κ1) is 28.7. The van der Waals surface area contributed by atoms with Crippen LogP contribution in [0.3, 0.4) is 0 Å². The second kappa shape index (κ2) is 13.1. The quantitative estimate of drug-likeness (QED) is 0.210. The molecule has 0 saturated heterocycles. The van der Waals surface area contributed by atoms with E-state index < -0.39 is 23.3 Å². The van der Waals surface area contributed by atoms with Gasteiger partial charge in [0.1, 0.15) is 23.5 Å². The Kier molecular flexibility index (Phi) is 9.66. The Morgan fingerprint density at radius 2 is 1.77 bits per heavy atom. The Labute approximate surface area is 234 Å². The van der Waals surface area contributed by atoms with E-state index in [0.717, 1.165) is 16.1 Å². The van der Waals surface area contributed by atoms with Crippen molar-refractivity contribution in [3.8, 4) is 5.75 Å². The molecule has 1 aliphatic rings. The average Bonchev–Trinajstić information content (AvgIpc) is 3.24. The molecule has 7 nitrogen and oxygen atoms in total. The molecule has 1 aliphatic heterocycles. The Bertz CT molecular complexity index is 1280. The molecule has 206 valence electrons. The molecule has 0 aromatic heterocycles. The Balaban J connectivity index is 1.51. The molecular weight excluding hydrogens is 572 g/mol. The number of aliphatic hydroxyl groups is 1. The second-order valence-electron chi connectivity index (χ2n) is 9.26. The number of ether oxygens (including phenoxy) is 2. The van der Waals surface area contributed by atoms with E-state index in [1.165, 1.54) is 12.1 Å². The number of carbonyl (C=O) groups excluding carboxylic acids is 1. The van der Waals surface area contributed by atoms with E-state index in [0.29, 0.717) is 42.2 Å². The molecule has 3 N–H and O–H groups in total. The molecule has 1 amide bonds. The van der Waals surface area contributed by atoms with Gasteiger partial charge in [-0.3, -0.25) is 10.2 Å². The van der Waals surface area contributed by atoms with Crippen LogP contribution in [0, 0.1) is 11.6 Å². The lowest BCUT2D eigenvalue weighted by Gasteiger charge is -2.28. The van der Waals surface area contributed by atoms with Gasteiger partial charge in [0.2, 0.25) is 5.90 Å². The van der Waals surface area contributed by atoms with Crippen molar-refractivity contribution < 1.29 is 28.2 Å². The summed E-state index contributed by atoms with van der Waals surface area (Å²) in [6.45, 7) is 2.52. The van der Waals surface area contributed by atoms with E-state index in [1.54, 1.807) is 19.1 Å². The molecule has 0 fully saturated rings. The Morgan fingerprint density at radius 3 is 2.44 bits per heavy atom. The van der Waals surface area contributed by atoms with Gasteiger partial charge in [-0.15, -0.1) is 0 Å². The first-order chi connectivity index (χ1) is 18.8. The van der Waals surface area contributed by atoms with Gasteiger partial charge in [0, 0.05) is 42.1 Å². The van der Waals surface area contributed by atoms with Gasteiger partial charge in [-0.1, -0.05) is 28.1 Å². The van der Waals surface area contributed by atoms with Gasteiger partial charge in [0.05, 0.1) is 6.61 Å². The molecule has 0 spiro atoms. The van der Waals surface area contributed by atoms with Crippen molar-refractivity contribution in [2.75, 3.05) is 19.8 Å². The molecule has 0 unspecified atom stereocenters. The second-order valence-corrected chi connectivity index (χ2v) is 10.2. The first-order valence-electron chi connectivity index (χ1n) is 12.6. The summed E-state index contributed by atoms with van der Waals surface area (Å²) >= 11 is 3.44. The number of hydrogen-bond acceptors (Lipinski definition) is 6. The van der Waals surface area contributed by atoms with Crippen LogP contribution < -0.4 is 15.6 Å². The van der Waals surface area contributed by atoms with E-state index in [4.69, 9.17) is 19.6 Å². The summed E-state index contributed by atoms with van der Waals surface area (Å²) < 4.78 is 39.6. The van der Waals surface area contributed by atoms with Crippen LogP contribution in [0.15, 0.2) is 76.2 Å². The number of carbonyl (C=O) groups is 1. The number of hydrogen-bond donors (Lipinski definition) is 3. The Morgan fingerprint density at radius 1 is 1.08 bits per heavy atom. The highest BCUT2D eigenvalue weighted by Crippen LogP contribution is 2.33. The van der Waals surface area contributed by atoms with Crippen LogP contribution >= 0.6 is 15.9 Å². The highest BCUT2D eigenvalue weighted by atomic mass is 79.9. The molecule has 0 aliphatic carbocycles. The fourth-order valence-corrected chi connectivity index (χ4v) is 4.53. The lowest BCUT2D eigenvalue weighted by Crippen LogP contribution is -2.56. The number of nitrogens with one attached hydrogen (secondary N) is 2. The summed E-state index contributed by atoms with van der Waals surface area (Å²) in [5.74, 6) is -0.689. The summed E-state index contributed by atoms with van der Waals surface area (Å²) in [4.78, 5) is 18.4. The maximum Gasteiger partial charge on any atom is 0.266 e. The zero-order chi connectivity index (χ0) is 27.8. The summed E-state index contributed by atoms with van der Waals surface area (Å²) in [5, 5.41) is 8.93. The molecule has 39 heavy (non-hydrogen) atoms. The topological polar surface area (TPSA) is 92.2 Å². The van der Waals surface area contributed by atoms with E-state index in [2.05, 4.69) is 26.8 Å². The highest BCUT2D eigenvalue weighted by Gasteiger charge is 2.50. The maximum atomic E-state index is 13.6. The van der Waals surface area contributed by atoms with Gasteiger partial charge in [0.15, 0.2) is 5.54 Å². The van der Waals surface area contributed by atoms with Crippen LogP contribution in [0.4, 0.5) is 8.78 Å². The van der Waals surface area contributed by atoms with Crippen molar-refractivity contribution in [3.63, 3.8) is 0 Å². The van der Waals surface area contributed by atoms with Crippen molar-refractivity contribution in [1.82, 2.24) is 10.9 Å². The minimum Gasteiger partial charge on any atom is -0.494 e. The summed E-state index contributed by atoms with van der Waals surface area (Å²) in [7, 11) is 0. The number of nitrogens with zero attached hydrogens (tertiary/aromatic N) is 1. The van der Waals surface area contributed by atoms with Crippen molar-refractivity contribution in [3.05, 3.63) is 99.5 Å². The van der Waals surface area contributed by atoms with E-state index in [9.17, 15) is 13.6 Å². The molecule has 3 aromatic rings. The molecular formula is C29H30BrF2N3O4. The van der Waals surface area contributed by atoms with Gasteiger partial charge in [0.25, 0.3) is 5.91 Å². The number of benzene rings is 3. The van der Waals surface area contributed by atoms with E-state index in [-0.39, 0.29) is 25.5 Å². The molecule has 0 saturated carbocycles. The van der Waals surface area contributed by atoms with Gasteiger partial charge in [-0.25, -0.2) is 19.2 Å². The summed E-state index contributed by atoms with van der Waals surface area (Å²) in [6.07, 6.45) is 0.545. The van der Waals surface area contributed by atoms with Crippen molar-refractivity contribution in [2.45, 2.75) is 37.8 Å². The number of amides is 1. The summed E-state index contributed by atoms with van der Waals surface area (Å²) in [5.41, 5.74) is 6.39. The number of hydrazine groups is 1. The maximum absolute atomic E-state index is 13.6. The summed E-state index contributed by atoms with van der Waals surface area (Å²) in [6, 6.07) is 18.2. The van der Waals surface area contributed by atoms with Crippen LogP contribution in [-0.2, 0) is 22.4 Å². The van der Waals surface area contributed by atoms with Crippen molar-refractivity contribution in [1.29, 1.82) is 0 Å².